The van der Waals surface area contributed by atoms with Crippen LogP contribution in [0.15, 0.2) is 0 Å². The molecular formula is C8H15NO5. The monoisotopic (exact) mass is 205 g/mol. The summed E-state index contributed by atoms with van der Waals surface area (Å²) in [5.41, 5.74) is 0. The lowest BCUT2D eigenvalue weighted by atomic mass is 10.1. The maximum atomic E-state index is 10.8. The molecule has 0 bridgehead atoms. The fourth-order valence-electron chi connectivity index (χ4n) is 1.47. The van der Waals surface area contributed by atoms with E-state index in [0.717, 1.165) is 0 Å². The van der Waals surface area contributed by atoms with E-state index in [9.17, 15) is 9.90 Å². The first kappa shape index (κ1) is 11.4. The van der Waals surface area contributed by atoms with Gasteiger partial charge in [-0.25, -0.2) is 0 Å². The molecule has 0 aromatic carbocycles. The Balaban J connectivity index is 2.64. The minimum Gasteiger partial charge on any atom is -0.394 e. The topological polar surface area (TPSA) is 88.0 Å². The van der Waals surface area contributed by atoms with Crippen LogP contribution < -0.4 is 5.32 Å². The Morgan fingerprint density at radius 3 is 2.71 bits per heavy atom. The molecule has 0 aromatic heterocycles. The first-order valence-electron chi connectivity index (χ1n) is 4.34. The molecule has 0 unspecified atom stereocenters. The molecule has 4 atom stereocenters. The van der Waals surface area contributed by atoms with Crippen LogP contribution in [0.5, 0.6) is 0 Å². The van der Waals surface area contributed by atoms with E-state index in [0.29, 0.717) is 0 Å². The molecule has 0 aliphatic carbocycles. The fourth-order valence-corrected chi connectivity index (χ4v) is 1.47. The van der Waals surface area contributed by atoms with Crippen LogP contribution in [0.4, 0.5) is 0 Å². The van der Waals surface area contributed by atoms with Crippen molar-refractivity contribution in [2.45, 2.75) is 31.5 Å². The average molecular weight is 205 g/mol. The fraction of sp³-hybridized carbons (Fsp3) is 0.875. The molecule has 3 N–H and O–H groups in total. The predicted molar refractivity (Wildman–Crippen MR) is 46.4 cm³/mol. The highest BCUT2D eigenvalue weighted by Gasteiger charge is 2.43. The predicted octanol–water partition coefficient (Wildman–Crippen LogP) is -1.78. The average Bonchev–Trinajstić information content (AvgIpc) is 2.43. The zero-order valence-electron chi connectivity index (χ0n) is 8.14. The molecule has 1 saturated heterocycles. The van der Waals surface area contributed by atoms with Crippen molar-refractivity contribution < 1.29 is 24.5 Å². The summed E-state index contributed by atoms with van der Waals surface area (Å²) in [7, 11) is 1.41. The van der Waals surface area contributed by atoms with Crippen LogP contribution >= 0.6 is 0 Å². The molecule has 82 valence electrons. The van der Waals surface area contributed by atoms with Crippen molar-refractivity contribution in [3.05, 3.63) is 0 Å². The molecular weight excluding hydrogens is 190 g/mol. The van der Waals surface area contributed by atoms with Crippen molar-refractivity contribution in [2.24, 2.45) is 0 Å². The lowest BCUT2D eigenvalue weighted by molar-refractivity contribution is -0.138. The van der Waals surface area contributed by atoms with Gasteiger partial charge in [-0.3, -0.25) is 4.79 Å². The van der Waals surface area contributed by atoms with Crippen LogP contribution in [0, 0.1) is 0 Å². The molecule has 6 nitrogen and oxygen atoms in total. The van der Waals surface area contributed by atoms with E-state index in [4.69, 9.17) is 14.6 Å². The number of methoxy groups -OCH3 is 1. The highest BCUT2D eigenvalue weighted by molar-refractivity contribution is 5.73. The Bertz CT molecular complexity index is 208. The highest BCUT2D eigenvalue weighted by Crippen LogP contribution is 2.21. The number of hydrogen-bond acceptors (Lipinski definition) is 5. The quantitative estimate of drug-likeness (QED) is 0.506. The van der Waals surface area contributed by atoms with Crippen molar-refractivity contribution in [2.75, 3.05) is 13.7 Å². The van der Waals surface area contributed by atoms with Crippen LogP contribution in [0.1, 0.15) is 6.92 Å². The number of carbonyl (C=O) groups excluding carboxylic acids is 1. The standard InChI is InChI=1S/C8H15NO5/c1-4(11)9-6-7(12)5(3-10)14-8(6)13-2/h5-8,10,12H,3H2,1-2H3,(H,9,11)/t5-,6+,7-,8-/m0/s1. The molecule has 1 rings (SSSR count). The van der Waals surface area contributed by atoms with Crippen molar-refractivity contribution >= 4 is 5.91 Å². The van der Waals surface area contributed by atoms with Gasteiger partial charge in [-0.1, -0.05) is 0 Å². The number of amides is 1. The van der Waals surface area contributed by atoms with Crippen LogP contribution in [0.25, 0.3) is 0 Å². The van der Waals surface area contributed by atoms with Gasteiger partial charge in [0, 0.05) is 14.0 Å². The normalized spacial score (nSPS) is 37.1. The second-order valence-electron chi connectivity index (χ2n) is 3.18. The van der Waals surface area contributed by atoms with Gasteiger partial charge in [0.05, 0.1) is 6.61 Å². The van der Waals surface area contributed by atoms with E-state index in [1.165, 1.54) is 14.0 Å². The molecule has 1 aliphatic rings. The molecule has 0 aromatic rings. The second kappa shape index (κ2) is 4.70. The molecule has 1 amide bonds. The Labute approximate surface area is 81.8 Å². The molecule has 6 heteroatoms. The number of ether oxygens (including phenoxy) is 2. The van der Waals surface area contributed by atoms with Gasteiger partial charge in [0.2, 0.25) is 5.91 Å². The first-order chi connectivity index (χ1) is 6.60. The third-order valence-corrected chi connectivity index (χ3v) is 2.13. The van der Waals surface area contributed by atoms with Gasteiger partial charge in [0.25, 0.3) is 0 Å². The molecule has 0 spiro atoms. The zero-order chi connectivity index (χ0) is 10.7. The minimum atomic E-state index is -0.950. The highest BCUT2D eigenvalue weighted by atomic mass is 16.7. The third-order valence-electron chi connectivity index (χ3n) is 2.13. The Kier molecular flexibility index (Phi) is 3.82. The van der Waals surface area contributed by atoms with E-state index in [1.807, 2.05) is 0 Å². The first-order valence-corrected chi connectivity index (χ1v) is 4.34. The van der Waals surface area contributed by atoms with Crippen molar-refractivity contribution in [3.8, 4) is 0 Å². The summed E-state index contributed by atoms with van der Waals surface area (Å²) in [4.78, 5) is 10.8. The SMILES string of the molecule is CO[C@H]1O[C@@H](CO)[C@H](O)[C@H]1NC(C)=O. The lowest BCUT2D eigenvalue weighted by Gasteiger charge is -2.19. The van der Waals surface area contributed by atoms with E-state index in [1.54, 1.807) is 0 Å². The third kappa shape index (κ3) is 2.21. The molecule has 0 saturated carbocycles. The number of hydrogen-bond donors (Lipinski definition) is 3. The molecule has 14 heavy (non-hydrogen) atoms. The van der Waals surface area contributed by atoms with Gasteiger partial charge < -0.3 is 25.0 Å². The van der Waals surface area contributed by atoms with Crippen molar-refractivity contribution in [3.63, 3.8) is 0 Å². The Morgan fingerprint density at radius 1 is 1.64 bits per heavy atom. The number of nitrogens with one attached hydrogen (secondary N) is 1. The van der Waals surface area contributed by atoms with Crippen molar-refractivity contribution in [1.29, 1.82) is 0 Å². The maximum Gasteiger partial charge on any atom is 0.217 e. The number of aliphatic hydroxyl groups excluding tert-OH is 2. The second-order valence-corrected chi connectivity index (χ2v) is 3.18. The molecule has 1 fully saturated rings. The maximum absolute atomic E-state index is 10.8. The van der Waals surface area contributed by atoms with Crippen LogP contribution in [0.2, 0.25) is 0 Å². The smallest absolute Gasteiger partial charge is 0.217 e. The van der Waals surface area contributed by atoms with Gasteiger partial charge in [0.15, 0.2) is 6.29 Å². The van der Waals surface area contributed by atoms with Gasteiger partial charge in [0.1, 0.15) is 18.2 Å². The lowest BCUT2D eigenvalue weighted by Crippen LogP contribution is -2.47. The largest absolute Gasteiger partial charge is 0.394 e. The summed E-state index contributed by atoms with van der Waals surface area (Å²) in [6.07, 6.45) is -2.38. The van der Waals surface area contributed by atoms with Gasteiger partial charge in [-0.05, 0) is 0 Å². The molecule has 0 radical (unpaired) electrons. The van der Waals surface area contributed by atoms with E-state index < -0.39 is 24.5 Å². The number of carbonyl (C=O) groups is 1. The summed E-state index contributed by atoms with van der Waals surface area (Å²) in [5.74, 6) is -0.279. The zero-order valence-corrected chi connectivity index (χ0v) is 8.14. The minimum absolute atomic E-state index is 0.279. The Morgan fingerprint density at radius 2 is 2.29 bits per heavy atom. The Hall–Kier alpha value is -0.690. The summed E-state index contributed by atoms with van der Waals surface area (Å²) < 4.78 is 10.1. The number of rotatable bonds is 3. The molecule has 1 aliphatic heterocycles. The summed E-state index contributed by atoms with van der Waals surface area (Å²) in [5, 5.41) is 21.0. The van der Waals surface area contributed by atoms with Crippen molar-refractivity contribution in [1.82, 2.24) is 5.32 Å². The summed E-state index contributed by atoms with van der Waals surface area (Å²) in [6, 6.07) is -0.630. The van der Waals surface area contributed by atoms with E-state index in [2.05, 4.69) is 5.32 Å². The van der Waals surface area contributed by atoms with Crippen LogP contribution in [-0.2, 0) is 14.3 Å². The van der Waals surface area contributed by atoms with E-state index in [-0.39, 0.29) is 12.5 Å². The number of aliphatic hydroxyl groups is 2. The van der Waals surface area contributed by atoms with Gasteiger partial charge in [-0.15, -0.1) is 0 Å². The van der Waals surface area contributed by atoms with Crippen LogP contribution in [0.3, 0.4) is 0 Å². The molecule has 1 heterocycles. The van der Waals surface area contributed by atoms with E-state index >= 15 is 0 Å². The van der Waals surface area contributed by atoms with Gasteiger partial charge >= 0.3 is 0 Å². The summed E-state index contributed by atoms with van der Waals surface area (Å²) in [6.45, 7) is 1.03. The summed E-state index contributed by atoms with van der Waals surface area (Å²) >= 11 is 0. The van der Waals surface area contributed by atoms with Crippen LogP contribution in [-0.4, -0.2) is 54.4 Å². The van der Waals surface area contributed by atoms with Gasteiger partial charge in [-0.2, -0.15) is 0 Å².